The maximum Gasteiger partial charge on any atom is 0.183 e. The second kappa shape index (κ2) is 6.51. The molecule has 0 unspecified atom stereocenters. The van der Waals surface area contributed by atoms with E-state index < -0.39 is 11.6 Å². The predicted octanol–water partition coefficient (Wildman–Crippen LogP) is 4.22. The number of nitriles is 1. The fraction of sp³-hybridized carbons (Fsp3) is 0.533. The van der Waals surface area contributed by atoms with E-state index in [1.807, 2.05) is 0 Å². The van der Waals surface area contributed by atoms with Crippen LogP contribution < -0.4 is 5.32 Å². The van der Waals surface area contributed by atoms with Crippen molar-refractivity contribution in [1.82, 2.24) is 0 Å². The monoisotopic (exact) mass is 264 g/mol. The van der Waals surface area contributed by atoms with Gasteiger partial charge in [0, 0.05) is 6.54 Å². The molecule has 19 heavy (non-hydrogen) atoms. The normalized spacial score (nSPS) is 16.1. The quantitative estimate of drug-likeness (QED) is 0.883. The minimum absolute atomic E-state index is 0.146. The van der Waals surface area contributed by atoms with Crippen molar-refractivity contribution >= 4 is 5.69 Å². The van der Waals surface area contributed by atoms with E-state index in [4.69, 9.17) is 5.26 Å². The molecule has 0 heterocycles. The van der Waals surface area contributed by atoms with Crippen LogP contribution in [0, 0.1) is 28.9 Å². The topological polar surface area (TPSA) is 35.8 Å². The maximum atomic E-state index is 13.6. The van der Waals surface area contributed by atoms with E-state index in [1.54, 1.807) is 6.07 Å². The van der Waals surface area contributed by atoms with E-state index in [1.165, 1.54) is 44.2 Å². The molecule has 1 aliphatic rings. The van der Waals surface area contributed by atoms with E-state index in [9.17, 15) is 8.78 Å². The minimum Gasteiger partial charge on any atom is -0.383 e. The number of benzene rings is 1. The lowest BCUT2D eigenvalue weighted by Gasteiger charge is -2.21. The summed E-state index contributed by atoms with van der Waals surface area (Å²) < 4.78 is 27.0. The van der Waals surface area contributed by atoms with Crippen molar-refractivity contribution in [2.24, 2.45) is 5.92 Å². The van der Waals surface area contributed by atoms with Gasteiger partial charge >= 0.3 is 0 Å². The Morgan fingerprint density at radius 3 is 2.58 bits per heavy atom. The third kappa shape index (κ3) is 3.44. The number of anilines is 1. The highest BCUT2D eigenvalue weighted by Crippen LogP contribution is 2.26. The van der Waals surface area contributed by atoms with E-state index in [0.29, 0.717) is 12.5 Å². The van der Waals surface area contributed by atoms with Crippen molar-refractivity contribution in [1.29, 1.82) is 5.26 Å². The Balaban J connectivity index is 1.89. The zero-order chi connectivity index (χ0) is 13.7. The van der Waals surface area contributed by atoms with Gasteiger partial charge in [0.05, 0.1) is 11.3 Å². The smallest absolute Gasteiger partial charge is 0.183 e. The van der Waals surface area contributed by atoms with Crippen LogP contribution in [0.25, 0.3) is 0 Å². The summed E-state index contributed by atoms with van der Waals surface area (Å²) in [5.74, 6) is -1.32. The fourth-order valence-electron chi connectivity index (χ4n) is 2.66. The number of hydrogen-bond acceptors (Lipinski definition) is 2. The molecular formula is C15H18F2N2. The molecule has 1 aromatic carbocycles. The highest BCUT2D eigenvalue weighted by molar-refractivity contribution is 5.49. The van der Waals surface area contributed by atoms with Crippen LogP contribution in [0.5, 0.6) is 0 Å². The van der Waals surface area contributed by atoms with Gasteiger partial charge in [-0.1, -0.05) is 32.1 Å². The second-order valence-corrected chi connectivity index (χ2v) is 5.12. The number of hydrogen-bond donors (Lipinski definition) is 1. The van der Waals surface area contributed by atoms with Crippen LogP contribution in [-0.2, 0) is 0 Å². The van der Waals surface area contributed by atoms with Crippen LogP contribution in [0.3, 0.4) is 0 Å². The van der Waals surface area contributed by atoms with Gasteiger partial charge in [-0.3, -0.25) is 0 Å². The lowest BCUT2D eigenvalue weighted by molar-refractivity contribution is 0.345. The average molecular weight is 264 g/mol. The molecule has 2 rings (SSSR count). The first-order chi connectivity index (χ1) is 9.22. The van der Waals surface area contributed by atoms with Crippen LogP contribution in [-0.4, -0.2) is 6.54 Å². The molecule has 102 valence electrons. The lowest BCUT2D eigenvalue weighted by atomic mass is 9.87. The SMILES string of the molecule is N#Cc1ccc(NCCC2CCCCC2)c(F)c1F. The Hall–Kier alpha value is -1.63. The second-order valence-electron chi connectivity index (χ2n) is 5.12. The number of rotatable bonds is 4. The third-order valence-corrected chi connectivity index (χ3v) is 3.80. The summed E-state index contributed by atoms with van der Waals surface area (Å²) in [6.45, 7) is 0.646. The molecule has 0 bridgehead atoms. The summed E-state index contributed by atoms with van der Waals surface area (Å²) in [5, 5.41) is 11.5. The standard InChI is InChI=1S/C15H18F2N2/c16-14-12(10-18)6-7-13(15(14)17)19-9-8-11-4-2-1-3-5-11/h6-7,11,19H,1-5,8-9H2. The van der Waals surface area contributed by atoms with Crippen LogP contribution in [0.1, 0.15) is 44.1 Å². The van der Waals surface area contributed by atoms with Gasteiger partial charge in [0.15, 0.2) is 11.6 Å². The molecule has 1 fully saturated rings. The minimum atomic E-state index is -1.06. The Morgan fingerprint density at radius 1 is 1.16 bits per heavy atom. The molecule has 0 radical (unpaired) electrons. The van der Waals surface area contributed by atoms with Gasteiger partial charge < -0.3 is 5.32 Å². The maximum absolute atomic E-state index is 13.6. The van der Waals surface area contributed by atoms with Gasteiger partial charge in [-0.15, -0.1) is 0 Å². The summed E-state index contributed by atoms with van der Waals surface area (Å²) in [5.41, 5.74) is -0.109. The predicted molar refractivity (Wildman–Crippen MR) is 70.8 cm³/mol. The molecule has 1 saturated carbocycles. The molecule has 0 spiro atoms. The molecule has 1 N–H and O–H groups in total. The summed E-state index contributed by atoms with van der Waals surface area (Å²) >= 11 is 0. The molecule has 0 aromatic heterocycles. The van der Waals surface area contributed by atoms with Crippen molar-refractivity contribution in [3.63, 3.8) is 0 Å². The van der Waals surface area contributed by atoms with Gasteiger partial charge in [-0.05, 0) is 24.5 Å². The number of halogens is 2. The van der Waals surface area contributed by atoms with E-state index in [2.05, 4.69) is 5.32 Å². The van der Waals surface area contributed by atoms with Crippen LogP contribution in [0.15, 0.2) is 12.1 Å². The molecule has 1 aliphatic carbocycles. The van der Waals surface area contributed by atoms with Crippen molar-refractivity contribution in [3.8, 4) is 6.07 Å². The first-order valence-electron chi connectivity index (χ1n) is 6.84. The largest absolute Gasteiger partial charge is 0.383 e. The van der Waals surface area contributed by atoms with Crippen LogP contribution in [0.4, 0.5) is 14.5 Å². The van der Waals surface area contributed by atoms with Crippen molar-refractivity contribution in [2.75, 3.05) is 11.9 Å². The molecule has 0 amide bonds. The molecule has 0 aliphatic heterocycles. The van der Waals surface area contributed by atoms with E-state index in [0.717, 1.165) is 6.42 Å². The fourth-order valence-corrected chi connectivity index (χ4v) is 2.66. The van der Waals surface area contributed by atoms with Gasteiger partial charge in [0.2, 0.25) is 0 Å². The lowest BCUT2D eigenvalue weighted by Crippen LogP contribution is -2.13. The molecule has 4 heteroatoms. The van der Waals surface area contributed by atoms with Gasteiger partial charge in [0.1, 0.15) is 6.07 Å². The number of nitrogens with zero attached hydrogens (tertiary/aromatic N) is 1. The van der Waals surface area contributed by atoms with E-state index in [-0.39, 0.29) is 11.3 Å². The first-order valence-corrected chi connectivity index (χ1v) is 6.84. The molecule has 0 saturated heterocycles. The molecule has 0 atom stereocenters. The first kappa shape index (κ1) is 13.8. The summed E-state index contributed by atoms with van der Waals surface area (Å²) in [7, 11) is 0. The Labute approximate surface area is 112 Å². The van der Waals surface area contributed by atoms with Gasteiger partial charge in [-0.2, -0.15) is 5.26 Å². The Kier molecular flexibility index (Phi) is 4.73. The zero-order valence-electron chi connectivity index (χ0n) is 10.9. The zero-order valence-corrected chi connectivity index (χ0v) is 10.9. The summed E-state index contributed by atoms with van der Waals surface area (Å²) in [6.07, 6.45) is 7.35. The molecular weight excluding hydrogens is 246 g/mol. The Morgan fingerprint density at radius 2 is 1.89 bits per heavy atom. The molecule has 1 aromatic rings. The van der Waals surface area contributed by atoms with Crippen molar-refractivity contribution < 1.29 is 8.78 Å². The van der Waals surface area contributed by atoms with Crippen LogP contribution in [0.2, 0.25) is 0 Å². The molecule has 2 nitrogen and oxygen atoms in total. The van der Waals surface area contributed by atoms with E-state index >= 15 is 0 Å². The average Bonchev–Trinajstić information content (AvgIpc) is 2.45. The number of nitrogens with one attached hydrogen (secondary N) is 1. The summed E-state index contributed by atoms with van der Waals surface area (Å²) in [6, 6.07) is 4.36. The highest BCUT2D eigenvalue weighted by atomic mass is 19.2. The highest BCUT2D eigenvalue weighted by Gasteiger charge is 2.15. The Bertz CT molecular complexity index is 474. The van der Waals surface area contributed by atoms with Crippen LogP contribution >= 0.6 is 0 Å². The van der Waals surface area contributed by atoms with Crippen molar-refractivity contribution in [2.45, 2.75) is 38.5 Å². The summed E-state index contributed by atoms with van der Waals surface area (Å²) in [4.78, 5) is 0. The third-order valence-electron chi connectivity index (χ3n) is 3.80. The van der Waals surface area contributed by atoms with Gasteiger partial charge in [0.25, 0.3) is 0 Å². The van der Waals surface area contributed by atoms with Gasteiger partial charge in [-0.25, -0.2) is 8.78 Å². The van der Waals surface area contributed by atoms with Crippen molar-refractivity contribution in [3.05, 3.63) is 29.3 Å².